The molecule has 0 bridgehead atoms. The highest BCUT2D eigenvalue weighted by atomic mass is 35.5. The van der Waals surface area contributed by atoms with E-state index in [9.17, 15) is 4.79 Å². The number of carbonyl (C=O) groups excluding carboxylic acids is 1. The Morgan fingerprint density at radius 2 is 1.81 bits per heavy atom. The van der Waals surface area contributed by atoms with Gasteiger partial charge in [-0.2, -0.15) is 0 Å². The summed E-state index contributed by atoms with van der Waals surface area (Å²) in [6.45, 7) is 2.74. The summed E-state index contributed by atoms with van der Waals surface area (Å²) in [5.74, 6) is 1.06. The van der Waals surface area contributed by atoms with Crippen LogP contribution in [0, 0.1) is 0 Å². The van der Waals surface area contributed by atoms with Gasteiger partial charge >= 0.3 is 0 Å². The Morgan fingerprint density at radius 1 is 1.04 bits per heavy atom. The second kappa shape index (κ2) is 6.66. The van der Waals surface area contributed by atoms with Crippen molar-refractivity contribution in [3.8, 4) is 10.4 Å². The Labute approximate surface area is 167 Å². The monoisotopic (exact) mass is 395 g/mol. The lowest BCUT2D eigenvalue weighted by Crippen LogP contribution is -2.24. The van der Waals surface area contributed by atoms with Gasteiger partial charge in [-0.1, -0.05) is 23.7 Å². The van der Waals surface area contributed by atoms with Crippen molar-refractivity contribution in [3.05, 3.63) is 64.1 Å². The zero-order chi connectivity index (χ0) is 18.4. The summed E-state index contributed by atoms with van der Waals surface area (Å²) in [6, 6.07) is 13.9. The highest BCUT2D eigenvalue weighted by Gasteiger charge is 2.31. The molecule has 0 unspecified atom stereocenters. The van der Waals surface area contributed by atoms with E-state index in [0.717, 1.165) is 50.5 Å². The van der Waals surface area contributed by atoms with Crippen LogP contribution in [0.2, 0.25) is 5.02 Å². The number of rotatable bonds is 3. The van der Waals surface area contributed by atoms with Crippen molar-refractivity contribution in [3.63, 3.8) is 0 Å². The van der Waals surface area contributed by atoms with Crippen molar-refractivity contribution in [2.45, 2.75) is 19.4 Å². The minimum atomic E-state index is 0.0611. The number of thiophene rings is 1. The fraction of sp³-hybridized carbons (Fsp3) is 0.238. The van der Waals surface area contributed by atoms with Crippen molar-refractivity contribution >= 4 is 40.4 Å². The molecule has 6 heteroatoms. The third-order valence-electron chi connectivity index (χ3n) is 5.18. The van der Waals surface area contributed by atoms with Crippen LogP contribution in [0.1, 0.15) is 28.1 Å². The van der Waals surface area contributed by atoms with E-state index in [1.54, 1.807) is 11.3 Å². The summed E-state index contributed by atoms with van der Waals surface area (Å²) in [6.07, 6.45) is 4.27. The number of hydrogen-bond donors (Lipinski definition) is 0. The Kier molecular flexibility index (Phi) is 4.14. The summed E-state index contributed by atoms with van der Waals surface area (Å²) in [7, 11) is 0. The molecule has 1 fully saturated rings. The first-order valence-electron chi connectivity index (χ1n) is 9.10. The van der Waals surface area contributed by atoms with Gasteiger partial charge in [0.2, 0.25) is 0 Å². The number of carbonyl (C=O) groups is 1. The van der Waals surface area contributed by atoms with E-state index in [1.165, 1.54) is 12.8 Å². The average Bonchev–Trinajstić information content (AvgIpc) is 3.41. The van der Waals surface area contributed by atoms with Crippen molar-refractivity contribution in [1.29, 1.82) is 0 Å². The fourth-order valence-electron chi connectivity index (χ4n) is 3.73. The van der Waals surface area contributed by atoms with Crippen LogP contribution in [0.15, 0.2) is 48.7 Å². The first kappa shape index (κ1) is 16.8. The molecule has 3 aromatic rings. The molecule has 0 radical (unpaired) electrons. The van der Waals surface area contributed by atoms with Gasteiger partial charge in [-0.05, 0) is 54.3 Å². The molecule has 0 spiro atoms. The van der Waals surface area contributed by atoms with E-state index in [-0.39, 0.29) is 5.91 Å². The molecule has 2 aromatic heterocycles. The van der Waals surface area contributed by atoms with E-state index in [1.807, 2.05) is 47.5 Å². The molecule has 1 amide bonds. The first-order chi connectivity index (χ1) is 13.2. The third-order valence-corrected chi connectivity index (χ3v) is 6.65. The number of pyridine rings is 1. The largest absolute Gasteiger partial charge is 0.357 e. The van der Waals surface area contributed by atoms with Crippen LogP contribution >= 0.6 is 22.9 Å². The van der Waals surface area contributed by atoms with Gasteiger partial charge in [-0.25, -0.2) is 4.98 Å². The van der Waals surface area contributed by atoms with Crippen LogP contribution in [-0.2, 0) is 6.54 Å². The standard InChI is InChI=1S/C21H18ClN3OS/c22-16-5-3-14(4-6-16)18-11-15-13-25(21(26)20(15)27-18)17-7-8-19(23-12-17)24-9-1-2-10-24/h3-8,11-12H,1-2,9-10,13H2. The molecule has 1 aromatic carbocycles. The Bertz CT molecular complexity index is 991. The van der Waals surface area contributed by atoms with Crippen molar-refractivity contribution in [1.82, 2.24) is 4.98 Å². The Morgan fingerprint density at radius 3 is 2.48 bits per heavy atom. The number of benzene rings is 1. The molecule has 0 atom stereocenters. The number of aromatic nitrogens is 1. The van der Waals surface area contributed by atoms with E-state index in [2.05, 4.69) is 16.0 Å². The number of hydrogen-bond acceptors (Lipinski definition) is 4. The molecule has 4 nitrogen and oxygen atoms in total. The van der Waals surface area contributed by atoms with Gasteiger partial charge in [0.15, 0.2) is 0 Å². The molecule has 1 saturated heterocycles. The summed E-state index contributed by atoms with van der Waals surface area (Å²) in [5.41, 5.74) is 3.03. The molecular weight excluding hydrogens is 378 g/mol. The van der Waals surface area contributed by atoms with Gasteiger partial charge in [0.05, 0.1) is 23.3 Å². The highest BCUT2D eigenvalue weighted by molar-refractivity contribution is 7.17. The molecule has 4 heterocycles. The maximum absolute atomic E-state index is 12.9. The van der Waals surface area contributed by atoms with Crippen LogP contribution in [0.3, 0.4) is 0 Å². The molecule has 0 aliphatic carbocycles. The van der Waals surface area contributed by atoms with Crippen molar-refractivity contribution < 1.29 is 4.79 Å². The molecule has 136 valence electrons. The molecule has 27 heavy (non-hydrogen) atoms. The van der Waals surface area contributed by atoms with Crippen molar-refractivity contribution in [2.24, 2.45) is 0 Å². The smallest absolute Gasteiger partial charge is 0.269 e. The lowest BCUT2D eigenvalue weighted by molar-refractivity contribution is 0.1000. The lowest BCUT2D eigenvalue weighted by Gasteiger charge is -2.19. The average molecular weight is 396 g/mol. The number of amides is 1. The van der Waals surface area contributed by atoms with E-state index < -0.39 is 0 Å². The minimum absolute atomic E-state index is 0.0611. The number of anilines is 2. The van der Waals surface area contributed by atoms with Gasteiger partial charge in [0.1, 0.15) is 5.82 Å². The van der Waals surface area contributed by atoms with Gasteiger partial charge in [-0.15, -0.1) is 11.3 Å². The summed E-state index contributed by atoms with van der Waals surface area (Å²) in [4.78, 5) is 23.5. The van der Waals surface area contributed by atoms with Gasteiger partial charge in [0.25, 0.3) is 5.91 Å². The molecule has 0 N–H and O–H groups in total. The van der Waals surface area contributed by atoms with Gasteiger partial charge in [-0.3, -0.25) is 4.79 Å². The molecule has 5 rings (SSSR count). The normalized spacial score (nSPS) is 16.3. The summed E-state index contributed by atoms with van der Waals surface area (Å²) in [5, 5.41) is 0.718. The van der Waals surface area contributed by atoms with Crippen LogP contribution in [-0.4, -0.2) is 24.0 Å². The molecule has 2 aliphatic heterocycles. The minimum Gasteiger partial charge on any atom is -0.357 e. The Balaban J connectivity index is 1.37. The number of halogens is 1. The van der Waals surface area contributed by atoms with E-state index in [0.29, 0.717) is 6.54 Å². The second-order valence-electron chi connectivity index (χ2n) is 6.93. The molecule has 0 saturated carbocycles. The van der Waals surface area contributed by atoms with Gasteiger partial charge in [0, 0.05) is 23.0 Å². The van der Waals surface area contributed by atoms with Crippen LogP contribution in [0.25, 0.3) is 10.4 Å². The van der Waals surface area contributed by atoms with E-state index in [4.69, 9.17) is 11.6 Å². The summed E-state index contributed by atoms with van der Waals surface area (Å²) >= 11 is 7.52. The zero-order valence-electron chi connectivity index (χ0n) is 14.7. The molecule has 2 aliphatic rings. The number of nitrogens with zero attached hydrogens (tertiary/aromatic N) is 3. The highest BCUT2D eigenvalue weighted by Crippen LogP contribution is 2.38. The van der Waals surface area contributed by atoms with Crippen molar-refractivity contribution in [2.75, 3.05) is 22.9 Å². The Hall–Kier alpha value is -2.37. The van der Waals surface area contributed by atoms with Crippen LogP contribution in [0.4, 0.5) is 11.5 Å². The van der Waals surface area contributed by atoms with Gasteiger partial charge < -0.3 is 9.80 Å². The quantitative estimate of drug-likeness (QED) is 0.609. The van der Waals surface area contributed by atoms with Crippen LogP contribution < -0.4 is 9.80 Å². The maximum atomic E-state index is 12.9. The first-order valence-corrected chi connectivity index (χ1v) is 10.3. The SMILES string of the molecule is O=C1c2sc(-c3ccc(Cl)cc3)cc2CN1c1ccc(N2CCCC2)nc1. The number of fused-ring (bicyclic) bond motifs is 1. The topological polar surface area (TPSA) is 36.4 Å². The van der Waals surface area contributed by atoms with E-state index >= 15 is 0 Å². The summed E-state index contributed by atoms with van der Waals surface area (Å²) < 4.78 is 0. The predicted octanol–water partition coefficient (Wildman–Crippen LogP) is 5.22. The predicted molar refractivity (Wildman–Crippen MR) is 111 cm³/mol. The van der Waals surface area contributed by atoms with Crippen LogP contribution in [0.5, 0.6) is 0 Å². The zero-order valence-corrected chi connectivity index (χ0v) is 16.3. The maximum Gasteiger partial charge on any atom is 0.269 e. The fourth-order valence-corrected chi connectivity index (χ4v) is 4.98. The second-order valence-corrected chi connectivity index (χ2v) is 8.42. The molecular formula is C21H18ClN3OS. The third kappa shape index (κ3) is 3.01. The lowest BCUT2D eigenvalue weighted by atomic mass is 10.1.